The van der Waals surface area contributed by atoms with E-state index in [0.717, 1.165) is 57.1 Å². The Labute approximate surface area is 160 Å². The van der Waals surface area contributed by atoms with Crippen molar-refractivity contribution in [1.82, 2.24) is 5.16 Å². The molecule has 0 bridgehead atoms. The molecule has 1 aliphatic carbocycles. The molecule has 1 N–H and O–H groups in total. The lowest BCUT2D eigenvalue weighted by Crippen LogP contribution is -2.37. The Morgan fingerprint density at radius 1 is 1.04 bits per heavy atom. The molecule has 1 saturated carbocycles. The van der Waals surface area contributed by atoms with Gasteiger partial charge in [-0.05, 0) is 43.6 Å². The highest BCUT2D eigenvalue weighted by atomic mass is 16.7. The summed E-state index contributed by atoms with van der Waals surface area (Å²) in [6.07, 6.45) is 8.49. The molecule has 2 heterocycles. The SMILES string of the molecule is OC(c1ccccc1)(c1cc(COC2CCCCO2)no1)C1CCCCC1. The van der Waals surface area contributed by atoms with Gasteiger partial charge in [0, 0.05) is 12.7 Å². The van der Waals surface area contributed by atoms with Gasteiger partial charge < -0.3 is 19.1 Å². The first-order chi connectivity index (χ1) is 13.3. The van der Waals surface area contributed by atoms with Crippen LogP contribution in [0.1, 0.15) is 68.4 Å². The van der Waals surface area contributed by atoms with E-state index in [1.54, 1.807) is 0 Å². The topological polar surface area (TPSA) is 64.7 Å². The smallest absolute Gasteiger partial charge is 0.173 e. The zero-order chi connectivity index (χ0) is 18.5. The zero-order valence-corrected chi connectivity index (χ0v) is 15.8. The van der Waals surface area contributed by atoms with Crippen LogP contribution in [0.3, 0.4) is 0 Å². The monoisotopic (exact) mass is 371 g/mol. The third kappa shape index (κ3) is 4.10. The summed E-state index contributed by atoms with van der Waals surface area (Å²) in [5.41, 5.74) is 0.425. The van der Waals surface area contributed by atoms with Crippen LogP contribution in [0.2, 0.25) is 0 Å². The molecule has 2 aromatic rings. The van der Waals surface area contributed by atoms with E-state index in [9.17, 15) is 5.11 Å². The average molecular weight is 371 g/mol. The number of aromatic nitrogens is 1. The molecule has 0 spiro atoms. The van der Waals surface area contributed by atoms with Gasteiger partial charge in [-0.2, -0.15) is 0 Å². The fraction of sp³-hybridized carbons (Fsp3) is 0.591. The van der Waals surface area contributed by atoms with Crippen molar-refractivity contribution < 1.29 is 19.1 Å². The number of hydrogen-bond acceptors (Lipinski definition) is 5. The van der Waals surface area contributed by atoms with Crippen LogP contribution >= 0.6 is 0 Å². The minimum Gasteiger partial charge on any atom is -0.377 e. The summed E-state index contributed by atoms with van der Waals surface area (Å²) in [6, 6.07) is 11.7. The maximum atomic E-state index is 11.8. The maximum absolute atomic E-state index is 11.8. The quantitative estimate of drug-likeness (QED) is 0.808. The number of nitrogens with zero attached hydrogens (tertiary/aromatic N) is 1. The predicted molar refractivity (Wildman–Crippen MR) is 101 cm³/mol. The minimum absolute atomic E-state index is 0.136. The van der Waals surface area contributed by atoms with Crippen LogP contribution in [0.25, 0.3) is 0 Å². The largest absolute Gasteiger partial charge is 0.377 e. The van der Waals surface area contributed by atoms with Crippen LogP contribution in [0.4, 0.5) is 0 Å². The van der Waals surface area contributed by atoms with Gasteiger partial charge in [-0.25, -0.2) is 0 Å². The van der Waals surface area contributed by atoms with Gasteiger partial charge in [0.05, 0.1) is 6.61 Å². The summed E-state index contributed by atoms with van der Waals surface area (Å²) in [4.78, 5) is 0. The summed E-state index contributed by atoms with van der Waals surface area (Å²) in [7, 11) is 0. The van der Waals surface area contributed by atoms with Crippen LogP contribution in [-0.4, -0.2) is 23.2 Å². The zero-order valence-electron chi connectivity index (χ0n) is 15.8. The molecule has 2 aliphatic rings. The maximum Gasteiger partial charge on any atom is 0.173 e. The molecule has 0 amide bonds. The Kier molecular flexibility index (Phi) is 5.91. The molecule has 2 atom stereocenters. The summed E-state index contributed by atoms with van der Waals surface area (Å²) < 4.78 is 17.1. The van der Waals surface area contributed by atoms with Gasteiger partial charge in [0.25, 0.3) is 0 Å². The predicted octanol–water partition coefficient (Wildman–Crippen LogP) is 4.53. The average Bonchev–Trinajstić information content (AvgIpc) is 3.23. The molecule has 146 valence electrons. The van der Waals surface area contributed by atoms with Crippen molar-refractivity contribution in [1.29, 1.82) is 0 Å². The molecule has 4 rings (SSSR count). The van der Waals surface area contributed by atoms with Crippen molar-refractivity contribution in [2.75, 3.05) is 6.61 Å². The second kappa shape index (κ2) is 8.55. The van der Waals surface area contributed by atoms with Crippen molar-refractivity contribution in [3.05, 3.63) is 53.4 Å². The molecule has 2 unspecified atom stereocenters. The van der Waals surface area contributed by atoms with Gasteiger partial charge in [0.2, 0.25) is 0 Å². The van der Waals surface area contributed by atoms with Crippen LogP contribution in [0.15, 0.2) is 40.9 Å². The van der Waals surface area contributed by atoms with Crippen molar-refractivity contribution >= 4 is 0 Å². The van der Waals surface area contributed by atoms with Gasteiger partial charge in [0.15, 0.2) is 17.7 Å². The number of hydrogen-bond donors (Lipinski definition) is 1. The van der Waals surface area contributed by atoms with Crippen LogP contribution in [0.5, 0.6) is 0 Å². The van der Waals surface area contributed by atoms with Gasteiger partial charge in [-0.3, -0.25) is 0 Å². The highest BCUT2D eigenvalue weighted by Gasteiger charge is 2.43. The molecule has 1 saturated heterocycles. The Hall–Kier alpha value is -1.69. The number of ether oxygens (including phenoxy) is 2. The van der Waals surface area contributed by atoms with Crippen molar-refractivity contribution in [2.45, 2.75) is 69.9 Å². The van der Waals surface area contributed by atoms with E-state index in [1.165, 1.54) is 6.42 Å². The van der Waals surface area contributed by atoms with E-state index >= 15 is 0 Å². The van der Waals surface area contributed by atoms with E-state index in [0.29, 0.717) is 18.1 Å². The van der Waals surface area contributed by atoms with Crippen LogP contribution in [-0.2, 0) is 21.7 Å². The molecule has 5 nitrogen and oxygen atoms in total. The lowest BCUT2D eigenvalue weighted by atomic mass is 9.72. The highest BCUT2D eigenvalue weighted by Crippen LogP contribution is 2.44. The summed E-state index contributed by atoms with van der Waals surface area (Å²) in [5.74, 6) is 0.654. The summed E-state index contributed by atoms with van der Waals surface area (Å²) in [6.45, 7) is 1.09. The van der Waals surface area contributed by atoms with E-state index in [-0.39, 0.29) is 12.2 Å². The molecule has 2 fully saturated rings. The number of aliphatic hydroxyl groups is 1. The van der Waals surface area contributed by atoms with Crippen molar-refractivity contribution in [3.8, 4) is 0 Å². The van der Waals surface area contributed by atoms with Gasteiger partial charge in [0.1, 0.15) is 5.69 Å². The number of benzene rings is 1. The van der Waals surface area contributed by atoms with E-state index in [1.807, 2.05) is 36.4 Å². The Bertz CT molecular complexity index is 704. The van der Waals surface area contributed by atoms with Gasteiger partial charge in [-0.1, -0.05) is 54.8 Å². The summed E-state index contributed by atoms with van der Waals surface area (Å²) >= 11 is 0. The molecular weight excluding hydrogens is 342 g/mol. The molecule has 0 radical (unpaired) electrons. The van der Waals surface area contributed by atoms with Crippen LogP contribution in [0, 0.1) is 5.92 Å². The molecular formula is C22H29NO4. The second-order valence-electron chi connectivity index (χ2n) is 7.76. The first-order valence-corrected chi connectivity index (χ1v) is 10.2. The molecule has 27 heavy (non-hydrogen) atoms. The number of rotatable bonds is 6. The molecule has 1 aromatic carbocycles. The standard InChI is InChI=1S/C22H29NO4/c24-22(17-9-3-1-4-10-17,18-11-5-2-6-12-18)20-15-19(23-27-20)16-26-21-13-7-8-14-25-21/h1,3-4,9-10,15,18,21,24H,2,5-8,11-14,16H2. The first kappa shape index (κ1) is 18.7. The third-order valence-corrected chi connectivity index (χ3v) is 5.90. The first-order valence-electron chi connectivity index (χ1n) is 10.2. The lowest BCUT2D eigenvalue weighted by Gasteiger charge is -2.37. The fourth-order valence-electron chi connectivity index (χ4n) is 4.37. The minimum atomic E-state index is -1.14. The van der Waals surface area contributed by atoms with Crippen molar-refractivity contribution in [2.24, 2.45) is 5.92 Å². The highest BCUT2D eigenvalue weighted by molar-refractivity contribution is 5.32. The normalized spacial score (nSPS) is 23.8. The molecule has 1 aromatic heterocycles. The van der Waals surface area contributed by atoms with E-state index in [2.05, 4.69) is 5.16 Å². The van der Waals surface area contributed by atoms with E-state index in [4.69, 9.17) is 14.0 Å². The Balaban J connectivity index is 1.54. The van der Waals surface area contributed by atoms with E-state index < -0.39 is 5.60 Å². The Morgan fingerprint density at radius 3 is 2.56 bits per heavy atom. The van der Waals surface area contributed by atoms with Gasteiger partial charge in [-0.15, -0.1) is 0 Å². The molecule has 1 aliphatic heterocycles. The van der Waals surface area contributed by atoms with Crippen molar-refractivity contribution in [3.63, 3.8) is 0 Å². The summed E-state index contributed by atoms with van der Waals surface area (Å²) in [5, 5.41) is 16.0. The lowest BCUT2D eigenvalue weighted by molar-refractivity contribution is -0.169. The molecule has 5 heteroatoms. The third-order valence-electron chi connectivity index (χ3n) is 5.90. The van der Waals surface area contributed by atoms with Crippen LogP contribution < -0.4 is 0 Å². The fourth-order valence-corrected chi connectivity index (χ4v) is 4.37. The Morgan fingerprint density at radius 2 is 1.81 bits per heavy atom. The second-order valence-corrected chi connectivity index (χ2v) is 7.76. The van der Waals surface area contributed by atoms with Gasteiger partial charge >= 0.3 is 0 Å².